The molecule has 116 valence electrons. The van der Waals surface area contributed by atoms with Crippen LogP contribution in [0, 0.1) is 13.8 Å². The maximum atomic E-state index is 4.22. The lowest BCUT2D eigenvalue weighted by Gasteiger charge is -2.33. The summed E-state index contributed by atoms with van der Waals surface area (Å²) in [5.41, 5.74) is 4.08. The number of hydrogen-bond donors (Lipinski definition) is 1. The third kappa shape index (κ3) is 3.63. The minimum atomic E-state index is 0.511. The Hall–Kier alpha value is -1.94. The van der Waals surface area contributed by atoms with Gasteiger partial charge in [-0.2, -0.15) is 5.10 Å². The Morgan fingerprint density at radius 2 is 2.14 bits per heavy atom. The molecule has 1 fully saturated rings. The van der Waals surface area contributed by atoms with Crippen molar-refractivity contribution in [2.45, 2.75) is 39.3 Å². The van der Waals surface area contributed by atoms with Crippen LogP contribution in [0.4, 0.5) is 5.82 Å². The summed E-state index contributed by atoms with van der Waals surface area (Å²) in [7, 11) is 0. The molecule has 3 rings (SSSR count). The van der Waals surface area contributed by atoms with E-state index < -0.39 is 0 Å². The second-order valence-electron chi connectivity index (χ2n) is 6.17. The number of nitrogens with zero attached hydrogens (tertiary/aromatic N) is 3. The Bertz CT molecular complexity index is 612. The number of hydrogen-bond acceptors (Lipinski definition) is 4. The van der Waals surface area contributed by atoms with E-state index in [1.807, 2.05) is 12.1 Å². The van der Waals surface area contributed by atoms with Gasteiger partial charge in [-0.3, -0.25) is 0 Å². The number of aromatic nitrogens is 2. The Morgan fingerprint density at radius 3 is 2.91 bits per heavy atom. The Balaban J connectivity index is 1.57. The first kappa shape index (κ1) is 15.0. The van der Waals surface area contributed by atoms with Crippen molar-refractivity contribution in [1.29, 1.82) is 0 Å². The van der Waals surface area contributed by atoms with Gasteiger partial charge in [0.05, 0.1) is 0 Å². The van der Waals surface area contributed by atoms with Crippen LogP contribution >= 0.6 is 0 Å². The predicted molar refractivity (Wildman–Crippen MR) is 90.0 cm³/mol. The summed E-state index contributed by atoms with van der Waals surface area (Å²) in [6, 6.07) is 11.2. The topological polar surface area (TPSA) is 41.0 Å². The monoisotopic (exact) mass is 296 g/mol. The first-order valence-electron chi connectivity index (χ1n) is 8.04. The third-order valence-corrected chi connectivity index (χ3v) is 4.47. The van der Waals surface area contributed by atoms with Crippen molar-refractivity contribution < 1.29 is 0 Å². The normalized spacial score (nSPS) is 18.5. The molecule has 22 heavy (non-hydrogen) atoms. The fourth-order valence-corrected chi connectivity index (χ4v) is 2.99. The van der Waals surface area contributed by atoms with Crippen LogP contribution in [0.15, 0.2) is 36.5 Å². The largest absolute Gasteiger partial charge is 0.354 e. The van der Waals surface area contributed by atoms with Crippen LogP contribution < -0.4 is 10.2 Å². The molecule has 0 bridgehead atoms. The van der Waals surface area contributed by atoms with Crippen LogP contribution in [-0.2, 0) is 6.54 Å². The lowest BCUT2D eigenvalue weighted by Crippen LogP contribution is -2.45. The van der Waals surface area contributed by atoms with Gasteiger partial charge in [0.2, 0.25) is 0 Å². The second kappa shape index (κ2) is 6.88. The smallest absolute Gasteiger partial charge is 0.151 e. The zero-order valence-electron chi connectivity index (χ0n) is 13.4. The number of nitrogens with one attached hydrogen (secondary N) is 1. The lowest BCUT2D eigenvalue weighted by molar-refractivity contribution is 0.419. The molecule has 1 saturated heterocycles. The maximum absolute atomic E-state index is 4.22. The van der Waals surface area contributed by atoms with E-state index in [9.17, 15) is 0 Å². The molecule has 2 heterocycles. The second-order valence-corrected chi connectivity index (χ2v) is 6.17. The van der Waals surface area contributed by atoms with Crippen molar-refractivity contribution in [3.05, 3.63) is 53.2 Å². The van der Waals surface area contributed by atoms with Gasteiger partial charge < -0.3 is 10.2 Å². The van der Waals surface area contributed by atoms with Gasteiger partial charge in [0, 0.05) is 31.9 Å². The van der Waals surface area contributed by atoms with Gasteiger partial charge in [0.25, 0.3) is 0 Å². The highest BCUT2D eigenvalue weighted by Gasteiger charge is 2.20. The van der Waals surface area contributed by atoms with Crippen molar-refractivity contribution in [3.63, 3.8) is 0 Å². The standard InChI is InChI=1S/C18H24N4/c1-14-7-8-16(11-15(14)2)12-19-17-5-4-10-22(13-17)18-6-3-9-20-21-18/h3,6-9,11,17,19H,4-5,10,12-13H2,1-2H3/t17-/m0/s1. The van der Waals surface area contributed by atoms with Crippen molar-refractivity contribution in [2.24, 2.45) is 0 Å². The third-order valence-electron chi connectivity index (χ3n) is 4.47. The van der Waals surface area contributed by atoms with Gasteiger partial charge in [-0.05, 0) is 55.5 Å². The fraction of sp³-hybridized carbons (Fsp3) is 0.444. The molecule has 4 nitrogen and oxygen atoms in total. The number of aryl methyl sites for hydroxylation is 2. The molecule has 0 unspecified atom stereocenters. The molecule has 2 aromatic rings. The molecule has 0 radical (unpaired) electrons. The average Bonchev–Trinajstić information content (AvgIpc) is 2.57. The van der Waals surface area contributed by atoms with Gasteiger partial charge >= 0.3 is 0 Å². The minimum absolute atomic E-state index is 0.511. The van der Waals surface area contributed by atoms with Crippen molar-refractivity contribution >= 4 is 5.82 Å². The predicted octanol–water partition coefficient (Wildman–Crippen LogP) is 2.85. The van der Waals surface area contributed by atoms with Crippen LogP contribution in [0.2, 0.25) is 0 Å². The van der Waals surface area contributed by atoms with Crippen LogP contribution in [-0.4, -0.2) is 29.3 Å². The summed E-state index contributed by atoms with van der Waals surface area (Å²) < 4.78 is 0. The zero-order valence-corrected chi connectivity index (χ0v) is 13.4. The van der Waals surface area contributed by atoms with Gasteiger partial charge in [-0.25, -0.2) is 0 Å². The van der Waals surface area contributed by atoms with E-state index in [2.05, 4.69) is 52.5 Å². The minimum Gasteiger partial charge on any atom is -0.354 e. The summed E-state index contributed by atoms with van der Waals surface area (Å²) in [5.74, 6) is 0.986. The summed E-state index contributed by atoms with van der Waals surface area (Å²) in [6.07, 6.45) is 4.14. The van der Waals surface area contributed by atoms with Crippen molar-refractivity contribution in [2.75, 3.05) is 18.0 Å². The van der Waals surface area contributed by atoms with Crippen LogP contribution in [0.5, 0.6) is 0 Å². The Morgan fingerprint density at radius 1 is 1.23 bits per heavy atom. The zero-order chi connectivity index (χ0) is 15.4. The molecule has 0 aliphatic carbocycles. The van der Waals surface area contributed by atoms with Crippen LogP contribution in [0.25, 0.3) is 0 Å². The highest BCUT2D eigenvalue weighted by atomic mass is 15.3. The summed E-state index contributed by atoms with van der Waals surface area (Å²) in [5, 5.41) is 11.9. The fourth-order valence-electron chi connectivity index (χ4n) is 2.99. The van der Waals surface area contributed by atoms with Gasteiger partial charge in [-0.1, -0.05) is 18.2 Å². The van der Waals surface area contributed by atoms with E-state index in [4.69, 9.17) is 0 Å². The Kier molecular flexibility index (Phi) is 4.68. The van der Waals surface area contributed by atoms with Gasteiger partial charge in [0.15, 0.2) is 5.82 Å². The van der Waals surface area contributed by atoms with Gasteiger partial charge in [0.1, 0.15) is 0 Å². The lowest BCUT2D eigenvalue weighted by atomic mass is 10.0. The highest BCUT2D eigenvalue weighted by molar-refractivity contribution is 5.37. The molecule has 4 heteroatoms. The molecular formula is C18H24N4. The maximum Gasteiger partial charge on any atom is 0.151 e. The number of benzene rings is 1. The number of piperidine rings is 1. The molecule has 0 amide bonds. The molecule has 0 saturated carbocycles. The van der Waals surface area contributed by atoms with Gasteiger partial charge in [-0.15, -0.1) is 5.10 Å². The molecule has 1 atom stereocenters. The Labute approximate surface area is 132 Å². The van der Waals surface area contributed by atoms with Crippen molar-refractivity contribution in [1.82, 2.24) is 15.5 Å². The van der Waals surface area contributed by atoms with E-state index >= 15 is 0 Å². The van der Waals surface area contributed by atoms with E-state index in [1.165, 1.54) is 29.5 Å². The summed E-state index contributed by atoms with van der Waals surface area (Å²) in [4.78, 5) is 2.33. The molecule has 1 aliphatic rings. The van der Waals surface area contributed by atoms with E-state index in [0.29, 0.717) is 6.04 Å². The molecule has 1 N–H and O–H groups in total. The molecule has 1 aromatic heterocycles. The quantitative estimate of drug-likeness (QED) is 0.942. The first-order valence-corrected chi connectivity index (χ1v) is 8.04. The van der Waals surface area contributed by atoms with Crippen LogP contribution in [0.3, 0.4) is 0 Å². The van der Waals surface area contributed by atoms with E-state index in [1.54, 1.807) is 6.20 Å². The number of anilines is 1. The summed E-state index contributed by atoms with van der Waals surface area (Å²) >= 11 is 0. The summed E-state index contributed by atoms with van der Waals surface area (Å²) in [6.45, 7) is 7.34. The van der Waals surface area contributed by atoms with Crippen molar-refractivity contribution in [3.8, 4) is 0 Å². The first-order chi connectivity index (χ1) is 10.7. The molecule has 0 spiro atoms. The molecule has 1 aromatic carbocycles. The van der Waals surface area contributed by atoms with Crippen LogP contribution in [0.1, 0.15) is 29.5 Å². The SMILES string of the molecule is Cc1ccc(CN[C@H]2CCCN(c3cccnn3)C2)cc1C. The van der Waals surface area contributed by atoms with E-state index in [-0.39, 0.29) is 0 Å². The van der Waals surface area contributed by atoms with E-state index in [0.717, 1.165) is 25.5 Å². The molecule has 1 aliphatic heterocycles. The average molecular weight is 296 g/mol. The highest BCUT2D eigenvalue weighted by Crippen LogP contribution is 2.17. The number of rotatable bonds is 4. The molecular weight excluding hydrogens is 272 g/mol.